The molecule has 0 amide bonds. The number of hydrogen-bond acceptors (Lipinski definition) is 4. The van der Waals surface area contributed by atoms with Crippen molar-refractivity contribution in [3.63, 3.8) is 0 Å². The van der Waals surface area contributed by atoms with Gasteiger partial charge in [0.05, 0.1) is 5.52 Å². The van der Waals surface area contributed by atoms with Gasteiger partial charge in [-0.15, -0.1) is 0 Å². The Hall–Kier alpha value is -2.01. The van der Waals surface area contributed by atoms with Crippen LogP contribution >= 0.6 is 11.8 Å². The summed E-state index contributed by atoms with van der Waals surface area (Å²) < 4.78 is 8.39. The largest absolute Gasteiger partial charge is 0.437 e. The Morgan fingerprint density at radius 2 is 1.77 bits per heavy atom. The van der Waals surface area contributed by atoms with Gasteiger partial charge in [-0.25, -0.2) is 9.97 Å². The zero-order chi connectivity index (χ0) is 18.5. The van der Waals surface area contributed by atoms with Crippen LogP contribution in [0.3, 0.4) is 0 Å². The Labute approximate surface area is 160 Å². The highest BCUT2D eigenvalue weighted by Crippen LogP contribution is 2.32. The van der Waals surface area contributed by atoms with E-state index in [-0.39, 0.29) is 0 Å². The third kappa shape index (κ3) is 4.04. The quantitative estimate of drug-likeness (QED) is 0.479. The summed E-state index contributed by atoms with van der Waals surface area (Å²) in [5.41, 5.74) is 4.20. The molecule has 0 bridgehead atoms. The molecule has 0 N–H and O–H groups in total. The van der Waals surface area contributed by atoms with E-state index in [2.05, 4.69) is 29.7 Å². The smallest absolute Gasteiger partial charge is 0.247 e. The molecule has 2 heterocycles. The molecule has 0 aliphatic carbocycles. The number of aromatic nitrogens is 3. The summed E-state index contributed by atoms with van der Waals surface area (Å²) in [6.45, 7) is 7.23. The van der Waals surface area contributed by atoms with E-state index in [1.807, 2.05) is 49.0 Å². The van der Waals surface area contributed by atoms with Gasteiger partial charge in [0.2, 0.25) is 5.88 Å². The number of ether oxygens (including phenoxy) is 1. The molecule has 0 saturated heterocycles. The first kappa shape index (κ1) is 18.8. The van der Waals surface area contributed by atoms with Gasteiger partial charge in [0.15, 0.2) is 5.52 Å². The maximum atomic E-state index is 6.06. The second kappa shape index (κ2) is 8.58. The lowest BCUT2D eigenvalue weighted by molar-refractivity contribution is 0.466. The molecule has 0 aliphatic rings. The van der Waals surface area contributed by atoms with Crippen LogP contribution in [0.4, 0.5) is 0 Å². The number of nitrogens with zero attached hydrogens (tertiary/aromatic N) is 3. The highest BCUT2D eigenvalue weighted by molar-refractivity contribution is 7.98. The predicted octanol–water partition coefficient (Wildman–Crippen LogP) is 5.68. The Kier molecular flexibility index (Phi) is 6.20. The minimum absolute atomic E-state index is 0.596. The SMILES string of the molecule is CSCCCCCn1c(C)nc2c(Oc3ccccc3)nc(C)c(C)c21. The molecular weight excluding hydrogens is 342 g/mol. The fourth-order valence-corrected chi connectivity index (χ4v) is 3.69. The van der Waals surface area contributed by atoms with Gasteiger partial charge in [-0.05, 0) is 63.3 Å². The van der Waals surface area contributed by atoms with Crippen LogP contribution in [0.5, 0.6) is 11.6 Å². The summed E-state index contributed by atoms with van der Waals surface area (Å²) in [7, 11) is 0. The monoisotopic (exact) mass is 369 g/mol. The van der Waals surface area contributed by atoms with Crippen molar-refractivity contribution >= 4 is 22.8 Å². The van der Waals surface area contributed by atoms with Crippen LogP contribution in [0.15, 0.2) is 30.3 Å². The molecule has 1 aromatic carbocycles. The van der Waals surface area contributed by atoms with E-state index >= 15 is 0 Å². The van der Waals surface area contributed by atoms with Crippen LogP contribution in [-0.2, 0) is 6.54 Å². The number of thioether (sulfide) groups is 1. The maximum Gasteiger partial charge on any atom is 0.247 e. The average molecular weight is 370 g/mol. The first-order valence-corrected chi connectivity index (χ1v) is 10.6. The zero-order valence-electron chi connectivity index (χ0n) is 16.1. The van der Waals surface area contributed by atoms with Crippen LogP contribution in [0.2, 0.25) is 0 Å². The molecule has 0 aliphatic heterocycles. The molecule has 5 heteroatoms. The highest BCUT2D eigenvalue weighted by Gasteiger charge is 2.18. The van der Waals surface area contributed by atoms with Crippen molar-refractivity contribution in [2.75, 3.05) is 12.0 Å². The van der Waals surface area contributed by atoms with Crippen LogP contribution in [0.25, 0.3) is 11.0 Å². The molecule has 0 radical (unpaired) electrons. The van der Waals surface area contributed by atoms with E-state index in [0.29, 0.717) is 5.88 Å². The summed E-state index contributed by atoms with van der Waals surface area (Å²) in [6.07, 6.45) is 5.86. The molecule has 3 rings (SSSR count). The van der Waals surface area contributed by atoms with E-state index in [9.17, 15) is 0 Å². The van der Waals surface area contributed by atoms with Gasteiger partial charge < -0.3 is 9.30 Å². The second-order valence-corrected chi connectivity index (χ2v) is 7.59. The Bertz CT molecular complexity index is 874. The summed E-state index contributed by atoms with van der Waals surface area (Å²) in [5.74, 6) is 3.64. The summed E-state index contributed by atoms with van der Waals surface area (Å²) in [6, 6.07) is 9.79. The number of aryl methyl sites for hydroxylation is 4. The Morgan fingerprint density at radius 3 is 2.50 bits per heavy atom. The van der Waals surface area contributed by atoms with Gasteiger partial charge in [-0.1, -0.05) is 24.6 Å². The number of benzene rings is 1. The van der Waals surface area contributed by atoms with Crippen LogP contribution in [0, 0.1) is 20.8 Å². The number of para-hydroxylation sites is 1. The van der Waals surface area contributed by atoms with Crippen molar-refractivity contribution in [2.24, 2.45) is 0 Å². The van der Waals surface area contributed by atoms with Crippen molar-refractivity contribution in [1.82, 2.24) is 14.5 Å². The molecule has 26 heavy (non-hydrogen) atoms. The molecular formula is C21H27N3OS. The van der Waals surface area contributed by atoms with E-state index in [1.54, 1.807) is 0 Å². The molecule has 0 fully saturated rings. The van der Waals surface area contributed by atoms with Crippen molar-refractivity contribution in [1.29, 1.82) is 0 Å². The summed E-state index contributed by atoms with van der Waals surface area (Å²) in [5, 5.41) is 0. The molecule has 0 atom stereocenters. The first-order chi connectivity index (χ1) is 12.6. The highest BCUT2D eigenvalue weighted by atomic mass is 32.2. The van der Waals surface area contributed by atoms with Crippen LogP contribution in [0.1, 0.15) is 36.3 Å². The molecule has 3 aromatic rings. The summed E-state index contributed by atoms with van der Waals surface area (Å²) >= 11 is 1.92. The number of rotatable bonds is 8. The van der Waals surface area contributed by atoms with Gasteiger partial charge in [-0.3, -0.25) is 0 Å². The number of fused-ring (bicyclic) bond motifs is 1. The molecule has 2 aromatic heterocycles. The molecule has 0 saturated carbocycles. The maximum absolute atomic E-state index is 6.06. The van der Waals surface area contributed by atoms with Gasteiger partial charge in [-0.2, -0.15) is 11.8 Å². The van der Waals surface area contributed by atoms with Crippen molar-refractivity contribution in [3.8, 4) is 11.6 Å². The molecule has 4 nitrogen and oxygen atoms in total. The number of hydrogen-bond donors (Lipinski definition) is 0. The molecule has 138 valence electrons. The second-order valence-electron chi connectivity index (χ2n) is 6.60. The third-order valence-corrected chi connectivity index (χ3v) is 5.41. The lowest BCUT2D eigenvalue weighted by Crippen LogP contribution is -2.03. The van der Waals surface area contributed by atoms with E-state index < -0.39 is 0 Å². The molecule has 0 spiro atoms. The van der Waals surface area contributed by atoms with Gasteiger partial charge in [0, 0.05) is 12.2 Å². The Morgan fingerprint density at radius 1 is 1.00 bits per heavy atom. The van der Waals surface area contributed by atoms with Gasteiger partial charge >= 0.3 is 0 Å². The average Bonchev–Trinajstić information content (AvgIpc) is 2.97. The predicted molar refractivity (Wildman–Crippen MR) is 110 cm³/mol. The van der Waals surface area contributed by atoms with E-state index in [0.717, 1.165) is 34.8 Å². The fraction of sp³-hybridized carbons (Fsp3) is 0.429. The van der Waals surface area contributed by atoms with E-state index in [4.69, 9.17) is 9.72 Å². The molecule has 0 unspecified atom stereocenters. The van der Waals surface area contributed by atoms with Gasteiger partial charge in [0.25, 0.3) is 0 Å². The van der Waals surface area contributed by atoms with Crippen molar-refractivity contribution < 1.29 is 4.74 Å². The summed E-state index contributed by atoms with van der Waals surface area (Å²) in [4.78, 5) is 9.47. The van der Waals surface area contributed by atoms with E-state index in [1.165, 1.54) is 30.6 Å². The lowest BCUT2D eigenvalue weighted by Gasteiger charge is -2.12. The van der Waals surface area contributed by atoms with Crippen molar-refractivity contribution in [3.05, 3.63) is 47.4 Å². The number of pyridine rings is 1. The van der Waals surface area contributed by atoms with Crippen LogP contribution < -0.4 is 4.74 Å². The zero-order valence-corrected chi connectivity index (χ0v) is 16.9. The number of imidazole rings is 1. The minimum atomic E-state index is 0.596. The van der Waals surface area contributed by atoms with Gasteiger partial charge in [0.1, 0.15) is 11.6 Å². The minimum Gasteiger partial charge on any atom is -0.437 e. The van der Waals surface area contributed by atoms with Crippen LogP contribution in [-0.4, -0.2) is 26.5 Å². The normalized spacial score (nSPS) is 11.2. The third-order valence-electron chi connectivity index (χ3n) is 4.72. The first-order valence-electron chi connectivity index (χ1n) is 9.17. The Balaban J connectivity index is 1.93. The standard InChI is InChI=1S/C21H27N3OS/c1-15-16(2)22-21(25-18-11-7-5-8-12-18)19-20(15)24(17(3)23-19)13-9-6-10-14-26-4/h5,7-8,11-12H,6,9-10,13-14H2,1-4H3. The lowest BCUT2D eigenvalue weighted by atomic mass is 10.2. The van der Waals surface area contributed by atoms with Crippen molar-refractivity contribution in [2.45, 2.75) is 46.6 Å². The topological polar surface area (TPSA) is 39.9 Å². The fourth-order valence-electron chi connectivity index (χ4n) is 3.19. The number of unbranched alkanes of at least 4 members (excludes halogenated alkanes) is 2.